The maximum Gasteiger partial charge on any atom is 0.122 e. The summed E-state index contributed by atoms with van der Waals surface area (Å²) in [6.45, 7) is 7.15. The Balaban J connectivity index is 3.07. The molecule has 1 aromatic rings. The molecule has 3 nitrogen and oxygen atoms in total. The molecule has 0 aromatic heterocycles. The zero-order valence-corrected chi connectivity index (χ0v) is 11.2. The summed E-state index contributed by atoms with van der Waals surface area (Å²) in [7, 11) is 1.69. The molecule has 1 rings (SSSR count). The van der Waals surface area contributed by atoms with Gasteiger partial charge in [0.2, 0.25) is 0 Å². The molecule has 17 heavy (non-hydrogen) atoms. The maximum atomic E-state index is 8.86. The van der Waals surface area contributed by atoms with Crippen molar-refractivity contribution >= 4 is 0 Å². The highest BCUT2D eigenvalue weighted by Gasteiger charge is 2.24. The molecule has 96 valence electrons. The molecule has 0 radical (unpaired) electrons. The first-order valence-corrected chi connectivity index (χ1v) is 6.04. The van der Waals surface area contributed by atoms with Crippen LogP contribution in [0.2, 0.25) is 0 Å². The van der Waals surface area contributed by atoms with E-state index < -0.39 is 0 Å². The smallest absolute Gasteiger partial charge is 0.122 e. The second-order valence-electron chi connectivity index (χ2n) is 4.86. The molecule has 0 bridgehead atoms. The molecule has 2 N–H and O–H groups in total. The molecule has 0 aliphatic heterocycles. The standard InChI is InChI=1S/C14H23NO2/c1-5-11-6-7-13(17-4)12(8-11)14(2,3)9-15-10-16/h6-8,15-16H,5,9-10H2,1-4H3. The van der Waals surface area contributed by atoms with Gasteiger partial charge in [-0.1, -0.05) is 32.9 Å². The molecule has 0 fully saturated rings. The summed E-state index contributed by atoms with van der Waals surface area (Å²) in [5.41, 5.74) is 2.41. The van der Waals surface area contributed by atoms with Gasteiger partial charge in [-0.05, 0) is 18.1 Å². The monoisotopic (exact) mass is 237 g/mol. The van der Waals surface area contributed by atoms with Crippen LogP contribution in [0.25, 0.3) is 0 Å². The number of ether oxygens (including phenoxy) is 1. The van der Waals surface area contributed by atoms with Gasteiger partial charge in [-0.25, -0.2) is 0 Å². The first kappa shape index (κ1) is 14.0. The predicted molar refractivity (Wildman–Crippen MR) is 70.5 cm³/mol. The van der Waals surface area contributed by atoms with Gasteiger partial charge in [0.05, 0.1) is 13.8 Å². The van der Waals surface area contributed by atoms with E-state index in [2.05, 4.69) is 38.2 Å². The second kappa shape index (κ2) is 6.03. The number of benzene rings is 1. The third-order valence-electron chi connectivity index (χ3n) is 3.08. The molecule has 0 aliphatic carbocycles. The quantitative estimate of drug-likeness (QED) is 0.744. The maximum absolute atomic E-state index is 8.86. The van der Waals surface area contributed by atoms with Gasteiger partial charge in [-0.3, -0.25) is 5.32 Å². The van der Waals surface area contributed by atoms with Gasteiger partial charge < -0.3 is 9.84 Å². The van der Waals surface area contributed by atoms with Crippen LogP contribution in [0.4, 0.5) is 0 Å². The van der Waals surface area contributed by atoms with Gasteiger partial charge in [-0.2, -0.15) is 0 Å². The fourth-order valence-corrected chi connectivity index (χ4v) is 1.97. The molecule has 0 saturated heterocycles. The van der Waals surface area contributed by atoms with Crippen LogP contribution < -0.4 is 10.1 Å². The van der Waals surface area contributed by atoms with Crippen LogP contribution in [0, 0.1) is 0 Å². The lowest BCUT2D eigenvalue weighted by molar-refractivity contribution is 0.246. The zero-order valence-electron chi connectivity index (χ0n) is 11.2. The van der Waals surface area contributed by atoms with Crippen LogP contribution in [0.3, 0.4) is 0 Å². The predicted octanol–water partition coefficient (Wildman–Crippen LogP) is 2.07. The van der Waals surface area contributed by atoms with Crippen molar-refractivity contribution in [1.82, 2.24) is 5.32 Å². The first-order chi connectivity index (χ1) is 8.05. The lowest BCUT2D eigenvalue weighted by atomic mass is 9.83. The Hall–Kier alpha value is -1.06. The third kappa shape index (κ3) is 3.45. The number of hydrogen-bond acceptors (Lipinski definition) is 3. The minimum Gasteiger partial charge on any atom is -0.496 e. The normalized spacial score (nSPS) is 11.6. The molecule has 0 unspecified atom stereocenters. The Morgan fingerprint density at radius 3 is 2.59 bits per heavy atom. The summed E-state index contributed by atoms with van der Waals surface area (Å²) in [5.74, 6) is 0.909. The van der Waals surface area contributed by atoms with E-state index in [1.165, 1.54) is 11.1 Å². The van der Waals surface area contributed by atoms with Gasteiger partial charge in [0.1, 0.15) is 5.75 Å². The van der Waals surface area contributed by atoms with E-state index in [4.69, 9.17) is 9.84 Å². The number of aliphatic hydroxyl groups is 1. The summed E-state index contributed by atoms with van der Waals surface area (Å²) >= 11 is 0. The third-order valence-corrected chi connectivity index (χ3v) is 3.08. The van der Waals surface area contributed by atoms with Crippen molar-refractivity contribution in [2.75, 3.05) is 20.4 Å². The highest BCUT2D eigenvalue weighted by molar-refractivity contribution is 5.42. The largest absolute Gasteiger partial charge is 0.496 e. The molecule has 3 heteroatoms. The molecule has 0 aliphatic rings. The highest BCUT2D eigenvalue weighted by Crippen LogP contribution is 2.32. The fourth-order valence-electron chi connectivity index (χ4n) is 1.97. The van der Waals surface area contributed by atoms with Gasteiger partial charge >= 0.3 is 0 Å². The van der Waals surface area contributed by atoms with E-state index in [1.54, 1.807) is 7.11 Å². The number of rotatable bonds is 6. The minimum absolute atomic E-state index is 0.000780. The lowest BCUT2D eigenvalue weighted by Gasteiger charge is -2.27. The van der Waals surface area contributed by atoms with Crippen LogP contribution in [0.5, 0.6) is 5.75 Å². The van der Waals surface area contributed by atoms with Crippen molar-refractivity contribution in [3.05, 3.63) is 29.3 Å². The number of aliphatic hydroxyl groups excluding tert-OH is 1. The molecule has 0 spiro atoms. The highest BCUT2D eigenvalue weighted by atomic mass is 16.5. The Morgan fingerprint density at radius 2 is 2.06 bits per heavy atom. The van der Waals surface area contributed by atoms with E-state index in [1.807, 2.05) is 6.07 Å². The first-order valence-electron chi connectivity index (χ1n) is 6.04. The summed E-state index contributed by atoms with van der Waals surface area (Å²) in [6, 6.07) is 6.31. The van der Waals surface area contributed by atoms with E-state index in [-0.39, 0.29) is 12.1 Å². The van der Waals surface area contributed by atoms with Crippen molar-refractivity contribution < 1.29 is 9.84 Å². The summed E-state index contributed by atoms with van der Waals surface area (Å²) in [6.07, 6.45) is 1.01. The van der Waals surface area contributed by atoms with E-state index >= 15 is 0 Å². The number of hydrogen-bond donors (Lipinski definition) is 2. The molecular formula is C14H23NO2. The van der Waals surface area contributed by atoms with Gasteiger partial charge in [0, 0.05) is 17.5 Å². The van der Waals surface area contributed by atoms with E-state index in [0.29, 0.717) is 6.54 Å². The van der Waals surface area contributed by atoms with Crippen LogP contribution in [0.1, 0.15) is 31.9 Å². The zero-order chi connectivity index (χ0) is 12.9. The second-order valence-corrected chi connectivity index (χ2v) is 4.86. The number of nitrogens with one attached hydrogen (secondary N) is 1. The topological polar surface area (TPSA) is 41.5 Å². The summed E-state index contributed by atoms with van der Waals surface area (Å²) < 4.78 is 5.42. The average Bonchev–Trinajstić information content (AvgIpc) is 2.35. The average molecular weight is 237 g/mol. The Labute approximate surface area is 104 Å². The van der Waals surface area contributed by atoms with Gasteiger partial charge in [0.25, 0.3) is 0 Å². The molecule has 0 atom stereocenters. The number of aryl methyl sites for hydroxylation is 1. The van der Waals surface area contributed by atoms with Crippen molar-refractivity contribution in [2.24, 2.45) is 0 Å². The van der Waals surface area contributed by atoms with Crippen molar-refractivity contribution in [2.45, 2.75) is 32.6 Å². The van der Waals surface area contributed by atoms with Gasteiger partial charge in [-0.15, -0.1) is 0 Å². The molecule has 0 heterocycles. The Kier molecular flexibility index (Phi) is 4.97. The van der Waals surface area contributed by atoms with Crippen LogP contribution in [-0.2, 0) is 11.8 Å². The van der Waals surface area contributed by atoms with Crippen molar-refractivity contribution in [3.63, 3.8) is 0 Å². The lowest BCUT2D eigenvalue weighted by Crippen LogP contribution is -2.33. The van der Waals surface area contributed by atoms with Gasteiger partial charge in [0.15, 0.2) is 0 Å². The van der Waals surface area contributed by atoms with Crippen LogP contribution >= 0.6 is 0 Å². The fraction of sp³-hybridized carbons (Fsp3) is 0.571. The SMILES string of the molecule is CCc1ccc(OC)c(C(C)(C)CNCO)c1. The van der Waals surface area contributed by atoms with Crippen molar-refractivity contribution in [3.8, 4) is 5.75 Å². The number of methoxy groups -OCH3 is 1. The van der Waals surface area contributed by atoms with E-state index in [0.717, 1.165) is 12.2 Å². The van der Waals surface area contributed by atoms with Crippen LogP contribution in [0.15, 0.2) is 18.2 Å². The molecular weight excluding hydrogens is 214 g/mol. The Bertz CT molecular complexity index is 361. The van der Waals surface area contributed by atoms with Crippen molar-refractivity contribution in [1.29, 1.82) is 0 Å². The molecule has 0 amide bonds. The summed E-state index contributed by atoms with van der Waals surface area (Å²) in [5, 5.41) is 11.8. The minimum atomic E-state index is -0.0702. The molecule has 1 aromatic carbocycles. The molecule has 0 saturated carbocycles. The van der Waals surface area contributed by atoms with E-state index in [9.17, 15) is 0 Å². The summed E-state index contributed by atoms with van der Waals surface area (Å²) in [4.78, 5) is 0. The van der Waals surface area contributed by atoms with Crippen LogP contribution in [-0.4, -0.2) is 25.5 Å². The Morgan fingerprint density at radius 1 is 1.35 bits per heavy atom.